The van der Waals surface area contributed by atoms with Crippen molar-refractivity contribution in [1.82, 2.24) is 30.0 Å². The van der Waals surface area contributed by atoms with Crippen LogP contribution in [0, 0.1) is 12.8 Å². The Labute approximate surface area is 394 Å². The van der Waals surface area contributed by atoms with Crippen LogP contribution in [0.3, 0.4) is 0 Å². The Bertz CT molecular complexity index is 2780. The van der Waals surface area contributed by atoms with Gasteiger partial charge in [0.1, 0.15) is 16.8 Å². The molecule has 1 aromatic heterocycles. The normalized spacial score (nSPS) is 19.7. The average Bonchev–Trinajstić information content (AvgIpc) is 3.49. The monoisotopic (exact) mass is 951 g/mol. The molecule has 3 N–H and O–H groups in total. The van der Waals surface area contributed by atoms with Crippen molar-refractivity contribution in [3.8, 4) is 5.75 Å². The van der Waals surface area contributed by atoms with E-state index in [-0.39, 0.29) is 63.6 Å². The number of rotatable bonds is 13. The molecule has 4 fully saturated rings. The highest BCUT2D eigenvalue weighted by Gasteiger charge is 2.46. The summed E-state index contributed by atoms with van der Waals surface area (Å²) in [6.45, 7) is 13.5. The molecule has 1 unspecified atom stereocenters. The van der Waals surface area contributed by atoms with Crippen LogP contribution >= 0.6 is 11.6 Å². The number of halogens is 1. The van der Waals surface area contributed by atoms with Crippen molar-refractivity contribution in [3.05, 3.63) is 88.1 Å². The fourth-order valence-electron chi connectivity index (χ4n) is 9.63. The molecule has 0 bridgehead atoms. The van der Waals surface area contributed by atoms with Gasteiger partial charge in [0.25, 0.3) is 11.8 Å². The predicted octanol–water partition coefficient (Wildman–Crippen LogP) is 5.82. The van der Waals surface area contributed by atoms with Crippen LogP contribution in [0.4, 0.5) is 28.8 Å². The Morgan fingerprint density at radius 1 is 0.881 bits per heavy atom. The van der Waals surface area contributed by atoms with Gasteiger partial charge in [-0.25, -0.2) is 13.4 Å². The number of likely N-dealkylation sites (tertiary alicyclic amines) is 2. The fourth-order valence-corrected chi connectivity index (χ4v) is 11.0. The van der Waals surface area contributed by atoms with Crippen molar-refractivity contribution in [2.24, 2.45) is 5.92 Å². The summed E-state index contributed by atoms with van der Waals surface area (Å²) in [5, 5.41) is 8.26. The number of amides is 5. The van der Waals surface area contributed by atoms with Gasteiger partial charge < -0.3 is 25.2 Å². The second kappa shape index (κ2) is 18.2. The number of aryl methyl sites for hydroxylation is 1. The van der Waals surface area contributed by atoms with E-state index in [1.165, 1.54) is 11.8 Å². The molecule has 6 heterocycles. The minimum Gasteiger partial charge on any atom is -0.489 e. The van der Waals surface area contributed by atoms with Gasteiger partial charge in [-0.15, -0.1) is 0 Å². The molecule has 5 aliphatic heterocycles. The van der Waals surface area contributed by atoms with Gasteiger partial charge in [0.05, 0.1) is 50.9 Å². The number of imide groups is 2. The zero-order valence-corrected chi connectivity index (χ0v) is 39.6. The molecule has 0 aliphatic carbocycles. The molecule has 67 heavy (non-hydrogen) atoms. The number of carbonyl (C=O) groups is 5. The summed E-state index contributed by atoms with van der Waals surface area (Å²) in [4.78, 5) is 80.7. The average molecular weight is 953 g/mol. The van der Waals surface area contributed by atoms with Gasteiger partial charge in [0.15, 0.2) is 15.7 Å². The van der Waals surface area contributed by atoms with Crippen LogP contribution < -0.4 is 25.6 Å². The molecule has 0 radical (unpaired) electrons. The number of benzene rings is 3. The lowest BCUT2D eigenvalue weighted by Crippen LogP contribution is -2.65. The number of fused-ring (bicyclic) bond motifs is 1. The molecule has 3 aromatic carbocycles. The van der Waals surface area contributed by atoms with Crippen molar-refractivity contribution >= 4 is 79.8 Å². The third-order valence-electron chi connectivity index (χ3n) is 13.5. The number of carbonyl (C=O) groups excluding carboxylic acids is 5. The van der Waals surface area contributed by atoms with Gasteiger partial charge in [-0.05, 0) is 126 Å². The number of piperidine rings is 2. The molecule has 17 nitrogen and oxygen atoms in total. The van der Waals surface area contributed by atoms with E-state index in [0.717, 1.165) is 42.1 Å². The quantitative estimate of drug-likeness (QED) is 0.135. The number of para-hydroxylation sites is 1. The van der Waals surface area contributed by atoms with Gasteiger partial charge in [-0.2, -0.15) is 4.98 Å². The van der Waals surface area contributed by atoms with Gasteiger partial charge in [0, 0.05) is 44.3 Å². The van der Waals surface area contributed by atoms with Gasteiger partial charge in [-0.3, -0.25) is 39.1 Å². The highest BCUT2D eigenvalue weighted by Crippen LogP contribution is 2.40. The highest BCUT2D eigenvalue weighted by molar-refractivity contribution is 7.92. The molecular formula is C48H54ClN9O8S. The Kier molecular flexibility index (Phi) is 12.5. The van der Waals surface area contributed by atoms with Gasteiger partial charge >= 0.3 is 0 Å². The molecule has 9 rings (SSSR count). The van der Waals surface area contributed by atoms with Crippen molar-refractivity contribution in [3.63, 3.8) is 0 Å². The molecule has 4 saturated heterocycles. The van der Waals surface area contributed by atoms with E-state index >= 15 is 0 Å². The summed E-state index contributed by atoms with van der Waals surface area (Å²) in [6, 6.07) is 15.1. The van der Waals surface area contributed by atoms with Crippen LogP contribution in [0.1, 0.15) is 91.1 Å². The Morgan fingerprint density at radius 2 is 1.60 bits per heavy atom. The smallest absolute Gasteiger partial charge is 0.262 e. The minimum atomic E-state index is -3.59. The zero-order valence-electron chi connectivity index (χ0n) is 38.0. The molecule has 352 valence electrons. The number of nitrogens with zero attached hydrogens (tertiary/aromatic N) is 6. The Hall–Kier alpha value is -6.11. The predicted molar refractivity (Wildman–Crippen MR) is 252 cm³/mol. The number of hydrogen-bond acceptors (Lipinski definition) is 14. The summed E-state index contributed by atoms with van der Waals surface area (Å²) < 4.78 is 32.6. The Morgan fingerprint density at radius 3 is 2.30 bits per heavy atom. The van der Waals surface area contributed by atoms with Gasteiger partial charge in [-0.1, -0.05) is 23.7 Å². The molecule has 19 heteroatoms. The molecule has 0 saturated carbocycles. The summed E-state index contributed by atoms with van der Waals surface area (Å²) >= 11 is 6.52. The van der Waals surface area contributed by atoms with Crippen molar-refractivity contribution in [2.75, 3.05) is 54.8 Å². The first-order valence-corrected chi connectivity index (χ1v) is 24.7. The maximum Gasteiger partial charge on any atom is 0.262 e. The van der Waals surface area contributed by atoms with E-state index in [2.05, 4.69) is 49.9 Å². The largest absolute Gasteiger partial charge is 0.489 e. The molecule has 1 atom stereocenters. The SMILES string of the molecule is Cc1cc(Nc2ncc(Cl)c(Nc3ccccc3S(=O)(=O)C(C)C)n2)c(OC(C)C)cc1C1CCN(C2CN(C(=O)C3CN(c4ccc5c(c4)C(=O)N(C4CCC(=O)NC4=O)C5=O)C3)C2)CC1. The van der Waals surface area contributed by atoms with Crippen LogP contribution in [0.25, 0.3) is 0 Å². The number of ether oxygens (including phenoxy) is 1. The molecule has 5 aliphatic rings. The number of aromatic nitrogens is 2. The second-order valence-corrected chi connectivity index (χ2v) is 21.5. The first-order valence-electron chi connectivity index (χ1n) is 22.8. The standard InChI is InChI=1S/C48H54ClN9O8S/c1-26(2)66-40-20-34(28(5)18-38(40)52-48-50-21-36(49)43(54-48)51-37-8-6-7-9-41(37)67(64,65)27(3)4)29-14-16-55(17-15-29)32-24-57(25-32)45(61)30-22-56(23-30)31-10-11-33-35(19-31)47(63)58(46(33)62)39-12-13-42(59)53-44(39)60/h6-11,18-21,26-27,29-30,32,39H,12-17,22-25H2,1-5H3,(H,53,59,60)(H2,50,51,52,54). The number of sulfone groups is 1. The summed E-state index contributed by atoms with van der Waals surface area (Å²) in [5.74, 6) is -0.715. The Balaban J connectivity index is 0.782. The van der Waals surface area contributed by atoms with Crippen LogP contribution in [-0.2, 0) is 24.2 Å². The zero-order chi connectivity index (χ0) is 47.5. The first kappa shape index (κ1) is 46.0. The van der Waals surface area contributed by atoms with Crippen LogP contribution in [-0.4, -0.2) is 125 Å². The van der Waals surface area contributed by atoms with Crippen LogP contribution in [0.2, 0.25) is 5.02 Å². The number of hydrogen-bond donors (Lipinski definition) is 3. The van der Waals surface area contributed by atoms with Crippen molar-refractivity contribution in [2.45, 2.75) is 94.6 Å². The summed E-state index contributed by atoms with van der Waals surface area (Å²) in [5.41, 5.74) is 4.56. The fraction of sp³-hybridized carbons (Fsp3) is 0.438. The molecular weight excluding hydrogens is 898 g/mol. The maximum atomic E-state index is 13.5. The molecule has 5 amide bonds. The van der Waals surface area contributed by atoms with Crippen molar-refractivity contribution < 1.29 is 37.1 Å². The maximum absolute atomic E-state index is 13.5. The summed E-state index contributed by atoms with van der Waals surface area (Å²) in [6.07, 6.45) is 3.43. The lowest BCUT2D eigenvalue weighted by atomic mass is 9.85. The first-order chi connectivity index (χ1) is 32.0. The molecule has 0 spiro atoms. The number of nitrogens with one attached hydrogen (secondary N) is 3. The van der Waals surface area contributed by atoms with E-state index in [1.54, 1.807) is 56.3 Å². The number of anilines is 5. The third-order valence-corrected chi connectivity index (χ3v) is 16.0. The lowest BCUT2D eigenvalue weighted by Gasteiger charge is -2.50. The highest BCUT2D eigenvalue weighted by atomic mass is 35.5. The van der Waals surface area contributed by atoms with Crippen LogP contribution in [0.15, 0.2) is 65.7 Å². The van der Waals surface area contributed by atoms with E-state index < -0.39 is 44.8 Å². The van der Waals surface area contributed by atoms with E-state index in [1.807, 2.05) is 23.6 Å². The lowest BCUT2D eigenvalue weighted by molar-refractivity contribution is -0.144. The van der Waals surface area contributed by atoms with Crippen molar-refractivity contribution in [1.29, 1.82) is 0 Å². The van der Waals surface area contributed by atoms with Crippen LogP contribution in [0.5, 0.6) is 5.75 Å². The second-order valence-electron chi connectivity index (χ2n) is 18.6. The summed E-state index contributed by atoms with van der Waals surface area (Å²) in [7, 11) is -3.59. The van der Waals surface area contributed by atoms with Gasteiger partial charge in [0.2, 0.25) is 23.7 Å². The minimum absolute atomic E-state index is 0.0567. The van der Waals surface area contributed by atoms with E-state index in [0.29, 0.717) is 55.3 Å². The molecule has 4 aromatic rings. The van der Waals surface area contributed by atoms with E-state index in [9.17, 15) is 32.4 Å². The van der Waals surface area contributed by atoms with E-state index in [4.69, 9.17) is 16.3 Å². The third kappa shape index (κ3) is 8.93. The topological polar surface area (TPSA) is 204 Å².